The number of hydrogen-bond acceptors (Lipinski definition) is 5. The standard InChI is InChI=1S/C18H15N3O3S2/c1-24-14-9-7-12(8-10-14)11-15-16(22)21(18(25)26-15)20-17(23)19-13-5-3-2-4-6-13/h2-11H,1H3,(H2,19,20,23). The quantitative estimate of drug-likeness (QED) is 0.621. The first-order valence-electron chi connectivity index (χ1n) is 7.61. The molecular weight excluding hydrogens is 370 g/mol. The first-order valence-corrected chi connectivity index (χ1v) is 8.84. The first-order chi connectivity index (χ1) is 12.6. The molecular formula is C18H15N3O3S2. The van der Waals surface area contributed by atoms with E-state index in [9.17, 15) is 9.59 Å². The number of methoxy groups -OCH3 is 1. The normalized spacial score (nSPS) is 15.3. The van der Waals surface area contributed by atoms with E-state index in [0.717, 1.165) is 28.1 Å². The summed E-state index contributed by atoms with van der Waals surface area (Å²) in [4.78, 5) is 25.0. The highest BCUT2D eigenvalue weighted by Crippen LogP contribution is 2.31. The topological polar surface area (TPSA) is 70.7 Å². The van der Waals surface area contributed by atoms with Crippen LogP contribution >= 0.6 is 24.0 Å². The Hall–Kier alpha value is -2.84. The van der Waals surface area contributed by atoms with Gasteiger partial charge in [0.2, 0.25) is 0 Å². The lowest BCUT2D eigenvalue weighted by Gasteiger charge is -2.16. The van der Waals surface area contributed by atoms with Crippen molar-refractivity contribution in [3.8, 4) is 5.75 Å². The number of hydrazine groups is 1. The minimum atomic E-state index is -0.543. The molecule has 132 valence electrons. The third kappa shape index (κ3) is 4.22. The van der Waals surface area contributed by atoms with Crippen LogP contribution in [0.5, 0.6) is 5.75 Å². The Morgan fingerprint density at radius 2 is 1.85 bits per heavy atom. The van der Waals surface area contributed by atoms with Gasteiger partial charge in [-0.2, -0.15) is 5.01 Å². The van der Waals surface area contributed by atoms with Crippen LogP contribution in [-0.4, -0.2) is 28.4 Å². The second-order valence-electron chi connectivity index (χ2n) is 5.22. The molecule has 1 aliphatic rings. The SMILES string of the molecule is COc1ccc(C=C2SC(=S)N(NC(=O)Nc3ccccc3)C2=O)cc1. The van der Waals surface area contributed by atoms with Gasteiger partial charge in [0.1, 0.15) is 5.75 Å². The fraction of sp³-hybridized carbons (Fsp3) is 0.0556. The molecule has 0 saturated carbocycles. The summed E-state index contributed by atoms with van der Waals surface area (Å²) in [5.74, 6) is 0.355. The number of anilines is 1. The van der Waals surface area contributed by atoms with Crippen molar-refractivity contribution in [3.63, 3.8) is 0 Å². The summed E-state index contributed by atoms with van der Waals surface area (Å²) in [5, 5.41) is 3.70. The molecule has 2 aromatic carbocycles. The number of amides is 3. The Morgan fingerprint density at radius 1 is 1.15 bits per heavy atom. The number of hydrogen-bond donors (Lipinski definition) is 2. The molecule has 1 aliphatic heterocycles. The van der Waals surface area contributed by atoms with Gasteiger partial charge < -0.3 is 10.1 Å². The molecule has 0 atom stereocenters. The van der Waals surface area contributed by atoms with E-state index < -0.39 is 6.03 Å². The predicted molar refractivity (Wildman–Crippen MR) is 107 cm³/mol. The summed E-state index contributed by atoms with van der Waals surface area (Å²) in [6.45, 7) is 0. The van der Waals surface area contributed by atoms with Crippen molar-refractivity contribution in [1.29, 1.82) is 0 Å². The van der Waals surface area contributed by atoms with Gasteiger partial charge in [-0.3, -0.25) is 4.79 Å². The zero-order chi connectivity index (χ0) is 18.5. The monoisotopic (exact) mass is 385 g/mol. The average Bonchev–Trinajstić information content (AvgIpc) is 2.90. The molecule has 0 bridgehead atoms. The number of thiocarbonyl (C=S) groups is 1. The molecule has 0 aromatic heterocycles. The van der Waals surface area contributed by atoms with Crippen molar-refractivity contribution in [2.45, 2.75) is 0 Å². The fourth-order valence-corrected chi connectivity index (χ4v) is 3.38. The first kappa shape index (κ1) is 18.0. The second kappa shape index (κ2) is 8.03. The molecule has 6 nitrogen and oxygen atoms in total. The maximum Gasteiger partial charge on any atom is 0.338 e. The Labute approximate surface area is 160 Å². The van der Waals surface area contributed by atoms with Gasteiger partial charge in [-0.05, 0) is 48.1 Å². The van der Waals surface area contributed by atoms with E-state index in [1.165, 1.54) is 0 Å². The molecule has 2 aromatic rings. The zero-order valence-corrected chi connectivity index (χ0v) is 15.4. The minimum absolute atomic E-state index is 0.262. The van der Waals surface area contributed by atoms with Crippen molar-refractivity contribution in [2.24, 2.45) is 0 Å². The van der Waals surface area contributed by atoms with Gasteiger partial charge in [0.05, 0.1) is 12.0 Å². The number of nitrogens with one attached hydrogen (secondary N) is 2. The molecule has 1 saturated heterocycles. The number of thioether (sulfide) groups is 1. The second-order valence-corrected chi connectivity index (χ2v) is 6.90. The lowest BCUT2D eigenvalue weighted by molar-refractivity contribution is -0.123. The van der Waals surface area contributed by atoms with Crippen molar-refractivity contribution < 1.29 is 14.3 Å². The van der Waals surface area contributed by atoms with Crippen LogP contribution < -0.4 is 15.5 Å². The van der Waals surface area contributed by atoms with Crippen LogP contribution in [0.1, 0.15) is 5.56 Å². The molecule has 0 aliphatic carbocycles. The third-order valence-corrected chi connectivity index (χ3v) is 4.75. The largest absolute Gasteiger partial charge is 0.497 e. The number of urea groups is 1. The molecule has 3 rings (SSSR count). The van der Waals surface area contributed by atoms with Crippen LogP contribution in [0.3, 0.4) is 0 Å². The Balaban J connectivity index is 1.68. The van der Waals surface area contributed by atoms with Crippen LogP contribution in [0.25, 0.3) is 6.08 Å². The van der Waals surface area contributed by atoms with Gasteiger partial charge in [0.25, 0.3) is 5.91 Å². The Kier molecular flexibility index (Phi) is 5.55. The maximum absolute atomic E-state index is 12.5. The summed E-state index contributed by atoms with van der Waals surface area (Å²) in [6.07, 6.45) is 1.72. The molecule has 8 heteroatoms. The molecule has 2 N–H and O–H groups in total. The van der Waals surface area contributed by atoms with Gasteiger partial charge in [0, 0.05) is 5.69 Å². The van der Waals surface area contributed by atoms with Crippen LogP contribution in [-0.2, 0) is 4.79 Å². The number of nitrogens with zero attached hydrogens (tertiary/aromatic N) is 1. The predicted octanol–water partition coefficient (Wildman–Crippen LogP) is 3.63. The van der Waals surface area contributed by atoms with Gasteiger partial charge in [0.15, 0.2) is 4.32 Å². The van der Waals surface area contributed by atoms with E-state index in [0.29, 0.717) is 10.6 Å². The lowest BCUT2D eigenvalue weighted by atomic mass is 10.2. The highest BCUT2D eigenvalue weighted by atomic mass is 32.2. The van der Waals surface area contributed by atoms with Crippen molar-refractivity contribution in [3.05, 3.63) is 65.1 Å². The third-order valence-electron chi connectivity index (χ3n) is 3.45. The lowest BCUT2D eigenvalue weighted by Crippen LogP contribution is -2.46. The fourth-order valence-electron chi connectivity index (χ4n) is 2.20. The van der Waals surface area contributed by atoms with Crippen LogP contribution in [0, 0.1) is 0 Å². The summed E-state index contributed by atoms with van der Waals surface area (Å²) < 4.78 is 5.37. The molecule has 1 fully saturated rings. The van der Waals surface area contributed by atoms with Gasteiger partial charge in [-0.15, -0.1) is 0 Å². The highest BCUT2D eigenvalue weighted by molar-refractivity contribution is 8.26. The average molecular weight is 385 g/mol. The smallest absolute Gasteiger partial charge is 0.338 e. The van der Waals surface area contributed by atoms with Crippen molar-refractivity contribution in [2.75, 3.05) is 12.4 Å². The molecule has 3 amide bonds. The number of carbonyl (C=O) groups excluding carboxylic acids is 2. The number of para-hydroxylation sites is 1. The summed E-state index contributed by atoms with van der Waals surface area (Å²) in [5.41, 5.74) is 3.92. The summed E-state index contributed by atoms with van der Waals surface area (Å²) in [7, 11) is 1.59. The van der Waals surface area contributed by atoms with Gasteiger partial charge in [-0.25, -0.2) is 10.2 Å². The Bertz CT molecular complexity index is 867. The van der Waals surface area contributed by atoms with Crippen LogP contribution in [0.2, 0.25) is 0 Å². The highest BCUT2D eigenvalue weighted by Gasteiger charge is 2.33. The van der Waals surface area contributed by atoms with E-state index in [2.05, 4.69) is 10.7 Å². The molecule has 0 radical (unpaired) electrons. The number of benzene rings is 2. The van der Waals surface area contributed by atoms with E-state index >= 15 is 0 Å². The Morgan fingerprint density at radius 3 is 2.50 bits per heavy atom. The van der Waals surface area contributed by atoms with E-state index in [1.807, 2.05) is 18.2 Å². The minimum Gasteiger partial charge on any atom is -0.497 e. The number of ether oxygens (including phenoxy) is 1. The molecule has 0 unspecified atom stereocenters. The van der Waals surface area contributed by atoms with E-state index in [4.69, 9.17) is 17.0 Å². The molecule has 0 spiro atoms. The number of rotatable bonds is 4. The summed E-state index contributed by atoms with van der Waals surface area (Å²) >= 11 is 6.33. The van der Waals surface area contributed by atoms with Crippen molar-refractivity contribution in [1.82, 2.24) is 10.4 Å². The maximum atomic E-state index is 12.5. The van der Waals surface area contributed by atoms with Crippen LogP contribution in [0.15, 0.2) is 59.5 Å². The molecule has 26 heavy (non-hydrogen) atoms. The zero-order valence-electron chi connectivity index (χ0n) is 13.8. The van der Waals surface area contributed by atoms with Gasteiger partial charge in [-0.1, -0.05) is 42.1 Å². The van der Waals surface area contributed by atoms with E-state index in [1.54, 1.807) is 49.6 Å². The number of carbonyl (C=O) groups is 2. The molecule has 1 heterocycles. The van der Waals surface area contributed by atoms with Crippen molar-refractivity contribution >= 4 is 52.0 Å². The van der Waals surface area contributed by atoms with Gasteiger partial charge >= 0.3 is 6.03 Å². The summed E-state index contributed by atoms with van der Waals surface area (Å²) in [6, 6.07) is 15.7. The van der Waals surface area contributed by atoms with Crippen LogP contribution in [0.4, 0.5) is 10.5 Å². The van der Waals surface area contributed by atoms with E-state index in [-0.39, 0.29) is 10.2 Å².